The summed E-state index contributed by atoms with van der Waals surface area (Å²) in [5.74, 6) is -0.169. The topological polar surface area (TPSA) is 123 Å². The van der Waals surface area contributed by atoms with Crippen LogP contribution in [0.1, 0.15) is 25.3 Å². The standard InChI is InChI=1S/C26H22N2O6S3/c1-18-8-12-23(13-9-18)36(29,30)33-24-17-35-26(21-11-10-19(2)20(16-21)14-15-27)25(24)28-34-37(31,32)22-6-4-3-5-7-22/h3-10,12-13,16-17H,11,14H2,1-2H3. The molecule has 2 aromatic rings. The van der Waals surface area contributed by atoms with Gasteiger partial charge < -0.3 is 4.18 Å². The van der Waals surface area contributed by atoms with Crippen LogP contribution in [0, 0.1) is 18.3 Å². The van der Waals surface area contributed by atoms with E-state index in [1.54, 1.807) is 30.3 Å². The van der Waals surface area contributed by atoms with Gasteiger partial charge in [0.15, 0.2) is 11.5 Å². The van der Waals surface area contributed by atoms with Gasteiger partial charge in [0.1, 0.15) is 9.79 Å². The molecule has 0 aromatic heterocycles. The third-order valence-electron chi connectivity index (χ3n) is 5.54. The second-order valence-electron chi connectivity index (χ2n) is 8.18. The third-order valence-corrected chi connectivity index (χ3v) is 8.94. The van der Waals surface area contributed by atoms with Gasteiger partial charge in [-0.15, -0.1) is 0 Å². The number of nitrogens with zero attached hydrogens (tertiary/aromatic N) is 2. The highest BCUT2D eigenvalue weighted by Gasteiger charge is 2.31. The molecule has 2 aliphatic rings. The summed E-state index contributed by atoms with van der Waals surface area (Å²) in [4.78, 5) is 0.302. The molecule has 2 aromatic carbocycles. The molecule has 190 valence electrons. The molecule has 0 bridgehead atoms. The average Bonchev–Trinajstić information content (AvgIpc) is 3.26. The zero-order valence-corrected chi connectivity index (χ0v) is 22.4. The molecule has 1 aliphatic heterocycles. The van der Waals surface area contributed by atoms with E-state index in [-0.39, 0.29) is 27.7 Å². The third kappa shape index (κ3) is 6.05. The van der Waals surface area contributed by atoms with Crippen molar-refractivity contribution in [2.45, 2.75) is 36.5 Å². The van der Waals surface area contributed by atoms with Crippen molar-refractivity contribution in [3.05, 3.63) is 105 Å². The number of rotatable bonds is 7. The summed E-state index contributed by atoms with van der Waals surface area (Å²) in [5.41, 5.74) is 3.29. The summed E-state index contributed by atoms with van der Waals surface area (Å²) in [5, 5.41) is 14.5. The molecule has 0 saturated carbocycles. The lowest BCUT2D eigenvalue weighted by molar-refractivity contribution is 0.336. The van der Waals surface area contributed by atoms with Crippen molar-refractivity contribution in [1.29, 1.82) is 5.26 Å². The Morgan fingerprint density at radius 2 is 1.65 bits per heavy atom. The molecule has 1 aliphatic carbocycles. The lowest BCUT2D eigenvalue weighted by atomic mass is 9.93. The Labute approximate surface area is 220 Å². The van der Waals surface area contributed by atoms with Crippen LogP contribution in [0.2, 0.25) is 0 Å². The van der Waals surface area contributed by atoms with Crippen molar-refractivity contribution in [2.24, 2.45) is 5.16 Å². The van der Waals surface area contributed by atoms with Gasteiger partial charge in [0.25, 0.3) is 0 Å². The zero-order chi connectivity index (χ0) is 26.6. The fourth-order valence-electron chi connectivity index (χ4n) is 3.51. The van der Waals surface area contributed by atoms with E-state index in [2.05, 4.69) is 11.2 Å². The fraction of sp³-hybridized carbons (Fsp3) is 0.154. The Morgan fingerprint density at radius 3 is 2.32 bits per heavy atom. The van der Waals surface area contributed by atoms with Crippen molar-refractivity contribution < 1.29 is 25.3 Å². The van der Waals surface area contributed by atoms with E-state index in [9.17, 15) is 22.1 Å². The molecule has 0 N–H and O–H groups in total. The number of allylic oxidation sites excluding steroid dienone is 6. The minimum absolute atomic E-state index is 0.0605. The van der Waals surface area contributed by atoms with Crippen molar-refractivity contribution in [1.82, 2.24) is 0 Å². The molecule has 8 nitrogen and oxygen atoms in total. The highest BCUT2D eigenvalue weighted by Crippen LogP contribution is 2.40. The van der Waals surface area contributed by atoms with E-state index < -0.39 is 20.2 Å². The largest absolute Gasteiger partial charge is 0.376 e. The molecule has 37 heavy (non-hydrogen) atoms. The molecule has 0 fully saturated rings. The maximum Gasteiger partial charge on any atom is 0.358 e. The van der Waals surface area contributed by atoms with Crippen LogP contribution in [-0.2, 0) is 28.7 Å². The monoisotopic (exact) mass is 554 g/mol. The average molecular weight is 555 g/mol. The van der Waals surface area contributed by atoms with Gasteiger partial charge in [0.2, 0.25) is 0 Å². The molecule has 0 saturated heterocycles. The molecule has 0 radical (unpaired) electrons. The van der Waals surface area contributed by atoms with Gasteiger partial charge >= 0.3 is 20.2 Å². The highest BCUT2D eigenvalue weighted by molar-refractivity contribution is 8.07. The van der Waals surface area contributed by atoms with Gasteiger partial charge in [0, 0.05) is 10.3 Å². The summed E-state index contributed by atoms with van der Waals surface area (Å²) in [6.07, 6.45) is 4.43. The Bertz CT molecular complexity index is 1630. The number of benzene rings is 2. The van der Waals surface area contributed by atoms with E-state index in [0.29, 0.717) is 11.3 Å². The Hall–Kier alpha value is -3.59. The molecular formula is C26H22N2O6S3. The summed E-state index contributed by atoms with van der Waals surface area (Å²) in [7, 11) is -8.52. The van der Waals surface area contributed by atoms with E-state index >= 15 is 0 Å². The van der Waals surface area contributed by atoms with Gasteiger partial charge in [-0.05, 0) is 55.7 Å². The lowest BCUT2D eigenvalue weighted by Gasteiger charge is -2.15. The number of nitriles is 1. The van der Waals surface area contributed by atoms with Crippen molar-refractivity contribution in [3.8, 4) is 6.07 Å². The Kier molecular flexibility index (Phi) is 7.73. The molecule has 4 rings (SSSR count). The van der Waals surface area contributed by atoms with Gasteiger partial charge in [-0.25, -0.2) is 0 Å². The first kappa shape index (κ1) is 26.5. The molecule has 0 atom stereocenters. The SMILES string of the molecule is CC1=CCC(=C2SC=C(OS(=O)(=O)c3ccc(C)cc3)C2=NOS(=O)(=O)c2ccccc2)C=C1CC#N. The highest BCUT2D eigenvalue weighted by atomic mass is 32.2. The van der Waals surface area contributed by atoms with Crippen LogP contribution in [-0.4, -0.2) is 22.5 Å². The van der Waals surface area contributed by atoms with Crippen LogP contribution in [0.3, 0.4) is 0 Å². The normalized spacial score (nSPS) is 19.1. The quantitative estimate of drug-likeness (QED) is 0.325. The summed E-state index contributed by atoms with van der Waals surface area (Å²) >= 11 is 1.14. The van der Waals surface area contributed by atoms with Gasteiger partial charge in [-0.3, -0.25) is 4.28 Å². The van der Waals surface area contributed by atoms with Crippen LogP contribution in [0.4, 0.5) is 0 Å². The van der Waals surface area contributed by atoms with E-state index in [1.165, 1.54) is 29.7 Å². The van der Waals surface area contributed by atoms with Gasteiger partial charge in [-0.2, -0.15) is 22.1 Å². The van der Waals surface area contributed by atoms with Crippen LogP contribution in [0.5, 0.6) is 0 Å². The van der Waals surface area contributed by atoms with Crippen molar-refractivity contribution in [3.63, 3.8) is 0 Å². The molecule has 0 spiro atoms. The van der Waals surface area contributed by atoms with Gasteiger partial charge in [0.05, 0.1) is 12.5 Å². The van der Waals surface area contributed by atoms with E-state index in [0.717, 1.165) is 34.0 Å². The molecular weight excluding hydrogens is 532 g/mol. The first-order valence-electron chi connectivity index (χ1n) is 11.0. The fourth-order valence-corrected chi connectivity index (χ4v) is 6.18. The number of thioether (sulfide) groups is 1. The number of hydrogen-bond acceptors (Lipinski definition) is 9. The second kappa shape index (κ2) is 10.8. The predicted octanol–water partition coefficient (Wildman–Crippen LogP) is 5.49. The minimum atomic E-state index is -4.28. The molecule has 0 amide bonds. The van der Waals surface area contributed by atoms with Crippen LogP contribution < -0.4 is 0 Å². The van der Waals surface area contributed by atoms with E-state index in [4.69, 9.17) is 8.47 Å². The maximum absolute atomic E-state index is 13.0. The lowest BCUT2D eigenvalue weighted by Crippen LogP contribution is -2.14. The predicted molar refractivity (Wildman–Crippen MR) is 141 cm³/mol. The maximum atomic E-state index is 13.0. The Balaban J connectivity index is 1.74. The van der Waals surface area contributed by atoms with Crippen molar-refractivity contribution >= 4 is 37.7 Å². The van der Waals surface area contributed by atoms with Gasteiger partial charge in [-0.1, -0.05) is 70.5 Å². The number of oxime groups is 1. The summed E-state index contributed by atoms with van der Waals surface area (Å²) in [6, 6.07) is 15.7. The second-order valence-corrected chi connectivity index (χ2v) is 12.1. The van der Waals surface area contributed by atoms with Crippen LogP contribution in [0.15, 0.2) is 114 Å². The van der Waals surface area contributed by atoms with Crippen LogP contribution in [0.25, 0.3) is 0 Å². The Morgan fingerprint density at radius 1 is 0.973 bits per heavy atom. The summed E-state index contributed by atoms with van der Waals surface area (Å²) in [6.45, 7) is 3.73. The number of hydrogen-bond donors (Lipinski definition) is 0. The molecule has 0 unspecified atom stereocenters. The zero-order valence-electron chi connectivity index (χ0n) is 19.9. The van der Waals surface area contributed by atoms with Crippen LogP contribution >= 0.6 is 11.8 Å². The molecule has 1 heterocycles. The minimum Gasteiger partial charge on any atom is -0.376 e. The first-order chi connectivity index (χ1) is 17.6. The molecule has 11 heteroatoms. The van der Waals surface area contributed by atoms with E-state index in [1.807, 2.05) is 26.0 Å². The smallest absolute Gasteiger partial charge is 0.358 e. The first-order valence-corrected chi connectivity index (χ1v) is 14.7. The summed E-state index contributed by atoms with van der Waals surface area (Å²) < 4.78 is 61.8. The number of aryl methyl sites for hydroxylation is 1. The van der Waals surface area contributed by atoms with Crippen molar-refractivity contribution in [2.75, 3.05) is 0 Å².